The zero-order chi connectivity index (χ0) is 15.2. The van der Waals surface area contributed by atoms with Crippen LogP contribution in [-0.2, 0) is 0 Å². The van der Waals surface area contributed by atoms with Crippen molar-refractivity contribution in [2.45, 2.75) is 25.8 Å². The molecule has 0 aromatic heterocycles. The summed E-state index contributed by atoms with van der Waals surface area (Å²) in [5, 5.41) is 11.9. The van der Waals surface area contributed by atoms with Crippen molar-refractivity contribution in [3.8, 4) is 11.8 Å². The number of benzene rings is 1. The third-order valence-electron chi connectivity index (χ3n) is 3.68. The molecule has 4 nitrogen and oxygen atoms in total. The number of amides is 1. The Morgan fingerprint density at radius 1 is 1.52 bits per heavy atom. The molecule has 1 aliphatic heterocycles. The van der Waals surface area contributed by atoms with Gasteiger partial charge in [-0.05, 0) is 51.1 Å². The van der Waals surface area contributed by atoms with Gasteiger partial charge in [0.1, 0.15) is 6.61 Å². The molecule has 0 spiro atoms. The maximum Gasteiger partial charge on any atom is 0.252 e. The molecule has 1 atom stereocenters. The summed E-state index contributed by atoms with van der Waals surface area (Å²) >= 11 is 0. The standard InChI is InChI=1S/C17H22N2O2/c1-13-7-8-16(14(11-13)5-4-10-20)17(21)18-15-6-3-9-19(2)12-15/h7-8,11,15,20H,3,6,9-10,12H2,1-2H3,(H,18,21). The Morgan fingerprint density at radius 2 is 2.33 bits per heavy atom. The number of nitrogens with one attached hydrogen (secondary N) is 1. The van der Waals surface area contributed by atoms with Gasteiger partial charge in [-0.25, -0.2) is 0 Å². The van der Waals surface area contributed by atoms with Gasteiger partial charge < -0.3 is 15.3 Å². The summed E-state index contributed by atoms with van der Waals surface area (Å²) in [7, 11) is 2.07. The molecule has 0 radical (unpaired) electrons. The van der Waals surface area contributed by atoms with Crippen LogP contribution in [0.5, 0.6) is 0 Å². The summed E-state index contributed by atoms with van der Waals surface area (Å²) in [5.41, 5.74) is 2.30. The Balaban J connectivity index is 2.14. The molecule has 0 aliphatic carbocycles. The molecular formula is C17H22N2O2. The summed E-state index contributed by atoms with van der Waals surface area (Å²) < 4.78 is 0. The van der Waals surface area contributed by atoms with Gasteiger partial charge in [-0.3, -0.25) is 4.79 Å². The van der Waals surface area contributed by atoms with E-state index in [1.165, 1.54) is 0 Å². The SMILES string of the molecule is Cc1ccc(C(=O)NC2CCCN(C)C2)c(C#CCO)c1. The second-order valence-corrected chi connectivity index (χ2v) is 5.58. The Morgan fingerprint density at radius 3 is 3.05 bits per heavy atom. The fraction of sp³-hybridized carbons (Fsp3) is 0.471. The van der Waals surface area contributed by atoms with Crippen molar-refractivity contribution in [2.75, 3.05) is 26.7 Å². The number of carbonyl (C=O) groups is 1. The van der Waals surface area contributed by atoms with Crippen molar-refractivity contribution in [2.24, 2.45) is 0 Å². The lowest BCUT2D eigenvalue weighted by Gasteiger charge is -2.30. The molecule has 0 saturated carbocycles. The van der Waals surface area contributed by atoms with E-state index in [9.17, 15) is 4.79 Å². The summed E-state index contributed by atoms with van der Waals surface area (Å²) in [5.74, 6) is 5.39. The Kier molecular flexibility index (Phi) is 5.38. The third kappa shape index (κ3) is 4.32. The number of likely N-dealkylation sites (N-methyl/N-ethyl adjacent to an activating group) is 1. The number of aryl methyl sites for hydroxylation is 1. The van der Waals surface area contributed by atoms with Crippen molar-refractivity contribution >= 4 is 5.91 Å². The second kappa shape index (κ2) is 7.26. The van der Waals surface area contributed by atoms with Crippen LogP contribution in [0.3, 0.4) is 0 Å². The summed E-state index contributed by atoms with van der Waals surface area (Å²) in [6, 6.07) is 5.78. The molecule has 1 aliphatic rings. The van der Waals surface area contributed by atoms with Gasteiger partial charge in [0.05, 0.1) is 5.56 Å². The normalized spacial score (nSPS) is 18.7. The van der Waals surface area contributed by atoms with Crippen molar-refractivity contribution in [1.29, 1.82) is 0 Å². The van der Waals surface area contributed by atoms with E-state index in [1.807, 2.05) is 19.1 Å². The summed E-state index contributed by atoms with van der Waals surface area (Å²) in [6.45, 7) is 3.73. The van der Waals surface area contributed by atoms with Gasteiger partial charge in [0, 0.05) is 18.2 Å². The van der Waals surface area contributed by atoms with Crippen LogP contribution in [0.2, 0.25) is 0 Å². The zero-order valence-electron chi connectivity index (χ0n) is 12.6. The number of aliphatic hydroxyl groups excluding tert-OH is 1. The number of nitrogens with zero attached hydrogens (tertiary/aromatic N) is 1. The van der Waals surface area contributed by atoms with E-state index in [4.69, 9.17) is 5.11 Å². The van der Waals surface area contributed by atoms with Crippen LogP contribution in [0.15, 0.2) is 18.2 Å². The van der Waals surface area contributed by atoms with Crippen LogP contribution in [0.25, 0.3) is 0 Å². The molecule has 1 aromatic carbocycles. The lowest BCUT2D eigenvalue weighted by atomic mass is 10.0. The molecule has 1 fully saturated rings. The van der Waals surface area contributed by atoms with Crippen LogP contribution in [0.4, 0.5) is 0 Å². The maximum atomic E-state index is 12.5. The topological polar surface area (TPSA) is 52.6 Å². The van der Waals surface area contributed by atoms with Crippen molar-refractivity contribution in [3.63, 3.8) is 0 Å². The number of likely N-dealkylation sites (tertiary alicyclic amines) is 1. The summed E-state index contributed by atoms with van der Waals surface area (Å²) in [6.07, 6.45) is 2.12. The Labute approximate surface area is 126 Å². The highest BCUT2D eigenvalue weighted by Crippen LogP contribution is 2.13. The molecule has 21 heavy (non-hydrogen) atoms. The van der Waals surface area contributed by atoms with Crippen LogP contribution < -0.4 is 5.32 Å². The number of carbonyl (C=O) groups excluding carboxylic acids is 1. The smallest absolute Gasteiger partial charge is 0.252 e. The van der Waals surface area contributed by atoms with E-state index in [0.29, 0.717) is 11.1 Å². The van der Waals surface area contributed by atoms with E-state index in [-0.39, 0.29) is 18.6 Å². The largest absolute Gasteiger partial charge is 0.384 e. The van der Waals surface area contributed by atoms with E-state index >= 15 is 0 Å². The van der Waals surface area contributed by atoms with Gasteiger partial charge in [-0.2, -0.15) is 0 Å². The minimum atomic E-state index is -0.206. The first-order valence-corrected chi connectivity index (χ1v) is 7.30. The maximum absolute atomic E-state index is 12.5. The van der Waals surface area contributed by atoms with Gasteiger partial charge in [-0.1, -0.05) is 17.9 Å². The predicted molar refractivity (Wildman–Crippen MR) is 83.1 cm³/mol. The monoisotopic (exact) mass is 286 g/mol. The fourth-order valence-electron chi connectivity index (χ4n) is 2.64. The molecule has 2 N–H and O–H groups in total. The average molecular weight is 286 g/mol. The van der Waals surface area contributed by atoms with Crippen molar-refractivity contribution < 1.29 is 9.90 Å². The molecule has 1 aromatic rings. The summed E-state index contributed by atoms with van der Waals surface area (Å²) in [4.78, 5) is 14.7. The predicted octanol–water partition coefficient (Wildman–Crippen LogP) is 1.16. The van der Waals surface area contributed by atoms with E-state index in [1.54, 1.807) is 6.07 Å². The van der Waals surface area contributed by atoms with Crippen LogP contribution in [0.1, 0.15) is 34.3 Å². The lowest BCUT2D eigenvalue weighted by molar-refractivity contribution is 0.0912. The molecule has 4 heteroatoms. The first-order chi connectivity index (χ1) is 10.1. The molecule has 112 valence electrons. The highest BCUT2D eigenvalue weighted by Gasteiger charge is 2.20. The molecule has 2 rings (SSSR count). The fourth-order valence-corrected chi connectivity index (χ4v) is 2.64. The quantitative estimate of drug-likeness (QED) is 0.802. The first-order valence-electron chi connectivity index (χ1n) is 7.30. The second-order valence-electron chi connectivity index (χ2n) is 5.58. The van der Waals surface area contributed by atoms with Crippen LogP contribution in [0, 0.1) is 18.8 Å². The highest BCUT2D eigenvalue weighted by molar-refractivity contribution is 5.97. The number of hydrogen-bond acceptors (Lipinski definition) is 3. The number of aliphatic hydroxyl groups is 1. The van der Waals surface area contributed by atoms with E-state index in [2.05, 4.69) is 29.1 Å². The van der Waals surface area contributed by atoms with Crippen molar-refractivity contribution in [1.82, 2.24) is 10.2 Å². The van der Waals surface area contributed by atoms with Gasteiger partial charge >= 0.3 is 0 Å². The molecule has 1 amide bonds. The number of rotatable bonds is 2. The molecule has 0 bridgehead atoms. The van der Waals surface area contributed by atoms with Gasteiger partial charge in [0.15, 0.2) is 0 Å². The van der Waals surface area contributed by atoms with Gasteiger partial charge in [-0.15, -0.1) is 0 Å². The number of piperidine rings is 1. The molecule has 1 unspecified atom stereocenters. The van der Waals surface area contributed by atoms with Crippen LogP contribution in [-0.4, -0.2) is 48.7 Å². The minimum absolute atomic E-state index is 0.0856. The average Bonchev–Trinajstić information content (AvgIpc) is 2.45. The van der Waals surface area contributed by atoms with Crippen molar-refractivity contribution in [3.05, 3.63) is 34.9 Å². The first kappa shape index (κ1) is 15.6. The van der Waals surface area contributed by atoms with Gasteiger partial charge in [0.2, 0.25) is 0 Å². The van der Waals surface area contributed by atoms with E-state index < -0.39 is 0 Å². The number of hydrogen-bond donors (Lipinski definition) is 2. The minimum Gasteiger partial charge on any atom is -0.384 e. The zero-order valence-corrected chi connectivity index (χ0v) is 12.6. The Bertz CT molecular complexity index is 572. The molecule has 1 heterocycles. The third-order valence-corrected chi connectivity index (χ3v) is 3.68. The lowest BCUT2D eigenvalue weighted by Crippen LogP contribution is -2.46. The van der Waals surface area contributed by atoms with Crippen LogP contribution >= 0.6 is 0 Å². The molecule has 1 saturated heterocycles. The molecular weight excluding hydrogens is 264 g/mol. The van der Waals surface area contributed by atoms with Gasteiger partial charge in [0.25, 0.3) is 5.91 Å². The Hall–Kier alpha value is -1.83. The highest BCUT2D eigenvalue weighted by atomic mass is 16.2. The van der Waals surface area contributed by atoms with E-state index in [0.717, 1.165) is 31.5 Å².